The number of carbonyl (C=O) groups is 1. The zero-order chi connectivity index (χ0) is 14.5. The highest BCUT2D eigenvalue weighted by atomic mass is 35.5. The third-order valence-corrected chi connectivity index (χ3v) is 2.83. The molecule has 0 fully saturated rings. The third kappa shape index (κ3) is 3.12. The van der Waals surface area contributed by atoms with Crippen molar-refractivity contribution in [3.63, 3.8) is 0 Å². The molecule has 0 radical (unpaired) electrons. The summed E-state index contributed by atoms with van der Waals surface area (Å²) in [6, 6.07) is 4.20. The predicted octanol–water partition coefficient (Wildman–Crippen LogP) is 0.605. The van der Waals surface area contributed by atoms with E-state index in [2.05, 4.69) is 26.8 Å². The zero-order valence-corrected chi connectivity index (χ0v) is 11.1. The lowest BCUT2D eigenvalue weighted by molar-refractivity contribution is -0.117. The standard InChI is InChI=1S/C12H11ClN6O/c1-2-3-10(14)12(20)16-11-6-8(4-5-9(11)13)19-7-15-17-18-19/h1,4-7,10H,3,14H2,(H,16,20). The molecule has 0 aliphatic heterocycles. The molecule has 1 aromatic carbocycles. The summed E-state index contributed by atoms with van der Waals surface area (Å²) in [7, 11) is 0. The number of tetrazole rings is 1. The fourth-order valence-electron chi connectivity index (χ4n) is 1.48. The fraction of sp³-hybridized carbons (Fsp3) is 0.167. The maximum absolute atomic E-state index is 11.8. The molecule has 20 heavy (non-hydrogen) atoms. The van der Waals surface area contributed by atoms with Gasteiger partial charge in [0.05, 0.1) is 22.4 Å². The normalized spacial score (nSPS) is 11.7. The predicted molar refractivity (Wildman–Crippen MR) is 74.2 cm³/mol. The van der Waals surface area contributed by atoms with Crippen molar-refractivity contribution in [2.24, 2.45) is 5.73 Å². The van der Waals surface area contributed by atoms with E-state index < -0.39 is 11.9 Å². The van der Waals surface area contributed by atoms with E-state index in [0.29, 0.717) is 16.4 Å². The lowest BCUT2D eigenvalue weighted by atomic mass is 10.2. The van der Waals surface area contributed by atoms with Crippen LogP contribution in [0.25, 0.3) is 5.69 Å². The van der Waals surface area contributed by atoms with Gasteiger partial charge < -0.3 is 11.1 Å². The molecule has 0 spiro atoms. The van der Waals surface area contributed by atoms with Crippen molar-refractivity contribution in [2.75, 3.05) is 5.32 Å². The van der Waals surface area contributed by atoms with Crippen LogP contribution in [0, 0.1) is 12.3 Å². The van der Waals surface area contributed by atoms with Crippen LogP contribution in [-0.2, 0) is 4.79 Å². The number of anilines is 1. The summed E-state index contributed by atoms with van der Waals surface area (Å²) in [5, 5.41) is 13.8. The summed E-state index contributed by atoms with van der Waals surface area (Å²) >= 11 is 6.03. The van der Waals surface area contributed by atoms with E-state index in [1.807, 2.05) is 0 Å². The molecule has 0 aliphatic rings. The Kier molecular flexibility index (Phi) is 4.30. The number of hydrogen-bond acceptors (Lipinski definition) is 5. The van der Waals surface area contributed by atoms with Gasteiger partial charge in [0.1, 0.15) is 6.33 Å². The van der Waals surface area contributed by atoms with Crippen LogP contribution in [0.4, 0.5) is 5.69 Å². The molecule has 1 aromatic heterocycles. The maximum Gasteiger partial charge on any atom is 0.242 e. The number of halogens is 1. The summed E-state index contributed by atoms with van der Waals surface area (Å²) in [5.74, 6) is 1.93. The van der Waals surface area contributed by atoms with Crippen molar-refractivity contribution in [3.05, 3.63) is 29.5 Å². The summed E-state index contributed by atoms with van der Waals surface area (Å²) in [6.07, 6.45) is 6.70. The second-order valence-corrected chi connectivity index (χ2v) is 4.33. The molecular formula is C12H11ClN6O. The topological polar surface area (TPSA) is 98.7 Å². The van der Waals surface area contributed by atoms with Gasteiger partial charge in [-0.1, -0.05) is 11.6 Å². The Hall–Kier alpha value is -2.43. The van der Waals surface area contributed by atoms with Crippen LogP contribution in [0.3, 0.4) is 0 Å². The molecule has 1 heterocycles. The third-order valence-electron chi connectivity index (χ3n) is 2.50. The number of nitrogens with zero attached hydrogens (tertiary/aromatic N) is 4. The van der Waals surface area contributed by atoms with E-state index in [1.54, 1.807) is 18.2 Å². The van der Waals surface area contributed by atoms with Crippen molar-refractivity contribution < 1.29 is 4.79 Å². The zero-order valence-electron chi connectivity index (χ0n) is 10.3. The van der Waals surface area contributed by atoms with Crippen LogP contribution in [0.15, 0.2) is 24.5 Å². The van der Waals surface area contributed by atoms with Crippen LogP contribution in [0.1, 0.15) is 6.42 Å². The minimum Gasteiger partial charge on any atom is -0.323 e. The van der Waals surface area contributed by atoms with Gasteiger partial charge in [0.25, 0.3) is 0 Å². The van der Waals surface area contributed by atoms with Crippen molar-refractivity contribution in [1.29, 1.82) is 0 Å². The summed E-state index contributed by atoms with van der Waals surface area (Å²) in [5.41, 5.74) is 6.69. The Bertz CT molecular complexity index is 648. The molecule has 0 aliphatic carbocycles. The highest BCUT2D eigenvalue weighted by Crippen LogP contribution is 2.24. The van der Waals surface area contributed by atoms with Crippen LogP contribution in [0.2, 0.25) is 5.02 Å². The Labute approximate surface area is 120 Å². The Morgan fingerprint density at radius 2 is 2.40 bits per heavy atom. The smallest absolute Gasteiger partial charge is 0.242 e. The molecule has 1 atom stereocenters. The van der Waals surface area contributed by atoms with Crippen LogP contribution in [0.5, 0.6) is 0 Å². The van der Waals surface area contributed by atoms with Crippen molar-refractivity contribution in [1.82, 2.24) is 20.2 Å². The molecule has 0 saturated carbocycles. The van der Waals surface area contributed by atoms with Gasteiger partial charge in [0.15, 0.2) is 0 Å². The van der Waals surface area contributed by atoms with Crippen LogP contribution in [-0.4, -0.2) is 32.2 Å². The first kappa shape index (κ1) is 14.0. The first-order valence-electron chi connectivity index (χ1n) is 5.64. The fourth-order valence-corrected chi connectivity index (χ4v) is 1.64. The molecule has 1 amide bonds. The second-order valence-electron chi connectivity index (χ2n) is 3.92. The number of amides is 1. The lowest BCUT2D eigenvalue weighted by Crippen LogP contribution is -2.35. The highest BCUT2D eigenvalue weighted by molar-refractivity contribution is 6.33. The first-order chi connectivity index (χ1) is 9.61. The number of terminal acetylenes is 1. The molecular weight excluding hydrogens is 280 g/mol. The van der Waals surface area contributed by atoms with Gasteiger partial charge in [0.2, 0.25) is 5.91 Å². The van der Waals surface area contributed by atoms with Crippen molar-refractivity contribution >= 4 is 23.2 Å². The number of hydrogen-bond donors (Lipinski definition) is 2. The number of carbonyl (C=O) groups excluding carboxylic acids is 1. The van der Waals surface area contributed by atoms with E-state index >= 15 is 0 Å². The van der Waals surface area contributed by atoms with E-state index in [9.17, 15) is 4.79 Å². The summed E-state index contributed by atoms with van der Waals surface area (Å²) in [6.45, 7) is 0. The minimum absolute atomic E-state index is 0.149. The Morgan fingerprint density at radius 1 is 1.60 bits per heavy atom. The molecule has 1 unspecified atom stereocenters. The molecule has 7 nitrogen and oxygen atoms in total. The van der Waals surface area contributed by atoms with Crippen LogP contribution < -0.4 is 11.1 Å². The second kappa shape index (κ2) is 6.14. The van der Waals surface area contributed by atoms with Gasteiger partial charge in [0, 0.05) is 6.42 Å². The average Bonchev–Trinajstić information content (AvgIpc) is 2.95. The maximum atomic E-state index is 11.8. The van der Waals surface area contributed by atoms with Gasteiger partial charge in [-0.05, 0) is 28.6 Å². The Balaban J connectivity index is 2.22. The van der Waals surface area contributed by atoms with Gasteiger partial charge in [-0.25, -0.2) is 4.68 Å². The molecule has 2 rings (SSSR count). The quantitative estimate of drug-likeness (QED) is 0.804. The lowest BCUT2D eigenvalue weighted by Gasteiger charge is -2.12. The molecule has 102 valence electrons. The Morgan fingerprint density at radius 3 is 3.05 bits per heavy atom. The SMILES string of the molecule is C#CCC(N)C(=O)Nc1cc(-n2cnnn2)ccc1Cl. The number of benzene rings is 1. The van der Waals surface area contributed by atoms with Gasteiger partial charge in [-0.15, -0.1) is 17.4 Å². The minimum atomic E-state index is -0.784. The number of nitrogens with one attached hydrogen (secondary N) is 1. The van der Waals surface area contributed by atoms with Crippen molar-refractivity contribution in [2.45, 2.75) is 12.5 Å². The van der Waals surface area contributed by atoms with Gasteiger partial charge >= 0.3 is 0 Å². The van der Waals surface area contributed by atoms with Crippen LogP contribution >= 0.6 is 11.6 Å². The average molecular weight is 291 g/mol. The molecule has 0 bridgehead atoms. The van der Waals surface area contributed by atoms with E-state index in [1.165, 1.54) is 11.0 Å². The monoisotopic (exact) mass is 290 g/mol. The number of rotatable bonds is 4. The highest BCUT2D eigenvalue weighted by Gasteiger charge is 2.14. The first-order valence-corrected chi connectivity index (χ1v) is 6.02. The molecule has 0 saturated heterocycles. The largest absolute Gasteiger partial charge is 0.323 e. The van der Waals surface area contributed by atoms with Gasteiger partial charge in [-0.2, -0.15) is 0 Å². The number of aromatic nitrogens is 4. The van der Waals surface area contributed by atoms with Crippen molar-refractivity contribution in [3.8, 4) is 18.0 Å². The number of nitrogens with two attached hydrogens (primary N) is 1. The van der Waals surface area contributed by atoms with E-state index in [-0.39, 0.29) is 6.42 Å². The molecule has 2 aromatic rings. The van der Waals surface area contributed by atoms with E-state index in [4.69, 9.17) is 23.8 Å². The summed E-state index contributed by atoms with van der Waals surface area (Å²) < 4.78 is 1.44. The molecule has 3 N–H and O–H groups in total. The van der Waals surface area contributed by atoms with E-state index in [0.717, 1.165) is 0 Å². The summed E-state index contributed by atoms with van der Waals surface area (Å²) in [4.78, 5) is 11.8. The molecule has 8 heteroatoms. The van der Waals surface area contributed by atoms with Gasteiger partial charge in [-0.3, -0.25) is 4.79 Å².